The van der Waals surface area contributed by atoms with Crippen molar-refractivity contribution in [1.29, 1.82) is 0 Å². The van der Waals surface area contributed by atoms with Crippen LogP contribution < -0.4 is 10.2 Å². The highest BCUT2D eigenvalue weighted by molar-refractivity contribution is 6.04. The van der Waals surface area contributed by atoms with Crippen molar-refractivity contribution in [3.05, 3.63) is 93.9 Å². The second-order valence-electron chi connectivity index (χ2n) is 7.56. The van der Waals surface area contributed by atoms with E-state index in [9.17, 15) is 19.3 Å². The van der Waals surface area contributed by atoms with Crippen molar-refractivity contribution in [2.24, 2.45) is 0 Å². The summed E-state index contributed by atoms with van der Waals surface area (Å²) in [7, 11) is 0. The summed E-state index contributed by atoms with van der Waals surface area (Å²) in [5.41, 5.74) is 1.93. The number of piperazine rings is 1. The molecule has 1 N–H and O–H groups in total. The van der Waals surface area contributed by atoms with Gasteiger partial charge in [-0.05, 0) is 35.9 Å². The lowest BCUT2D eigenvalue weighted by atomic mass is 10.2. The molecule has 1 aromatic heterocycles. The largest absolute Gasteiger partial charge is 0.354 e. The number of nitrogens with zero attached hydrogens (tertiary/aromatic N) is 4. The van der Waals surface area contributed by atoms with Gasteiger partial charge in [-0.25, -0.2) is 9.37 Å². The first-order valence-electron chi connectivity index (χ1n) is 10.2. The molecule has 0 bridgehead atoms. The molecule has 1 aliphatic rings. The van der Waals surface area contributed by atoms with Gasteiger partial charge in [0, 0.05) is 50.4 Å². The Bertz CT molecular complexity index is 1100. The predicted octanol–water partition coefficient (Wildman–Crippen LogP) is 3.70. The van der Waals surface area contributed by atoms with Crippen LogP contribution in [0.5, 0.6) is 0 Å². The summed E-state index contributed by atoms with van der Waals surface area (Å²) in [6.45, 7) is 4.03. The van der Waals surface area contributed by atoms with Crippen LogP contribution in [0.3, 0.4) is 0 Å². The molecular formula is C23H22FN5O3. The topological polar surface area (TPSA) is 91.6 Å². The van der Waals surface area contributed by atoms with Crippen LogP contribution in [0.1, 0.15) is 15.9 Å². The average molecular weight is 435 g/mol. The number of benzene rings is 2. The number of anilines is 2. The number of hydrogen-bond acceptors (Lipinski definition) is 6. The third-order valence-electron chi connectivity index (χ3n) is 5.34. The number of aromatic nitrogens is 1. The third-order valence-corrected chi connectivity index (χ3v) is 5.34. The molecular weight excluding hydrogens is 413 g/mol. The molecule has 9 heteroatoms. The van der Waals surface area contributed by atoms with Gasteiger partial charge in [-0.15, -0.1) is 0 Å². The van der Waals surface area contributed by atoms with Gasteiger partial charge < -0.3 is 10.2 Å². The summed E-state index contributed by atoms with van der Waals surface area (Å²) in [5.74, 6) is -0.0264. The molecule has 4 rings (SSSR count). The summed E-state index contributed by atoms with van der Waals surface area (Å²) in [4.78, 5) is 31.5. The summed E-state index contributed by atoms with van der Waals surface area (Å²) in [6.07, 6.45) is 1.59. The molecule has 0 atom stereocenters. The minimum Gasteiger partial charge on any atom is -0.354 e. The van der Waals surface area contributed by atoms with Crippen LogP contribution in [-0.2, 0) is 6.54 Å². The number of hydrogen-bond donors (Lipinski definition) is 1. The molecule has 2 aromatic carbocycles. The van der Waals surface area contributed by atoms with Crippen molar-refractivity contribution in [3.8, 4) is 0 Å². The van der Waals surface area contributed by atoms with E-state index in [1.807, 2.05) is 6.07 Å². The lowest BCUT2D eigenvalue weighted by Gasteiger charge is -2.35. The number of non-ortho nitro benzene ring substituents is 1. The van der Waals surface area contributed by atoms with Crippen LogP contribution >= 0.6 is 0 Å². The van der Waals surface area contributed by atoms with Crippen molar-refractivity contribution in [2.75, 3.05) is 36.4 Å². The Morgan fingerprint density at radius 3 is 2.44 bits per heavy atom. The van der Waals surface area contributed by atoms with E-state index >= 15 is 0 Å². The van der Waals surface area contributed by atoms with Gasteiger partial charge in [-0.2, -0.15) is 0 Å². The zero-order valence-electron chi connectivity index (χ0n) is 17.3. The first-order valence-corrected chi connectivity index (χ1v) is 10.2. The molecule has 8 nitrogen and oxygen atoms in total. The van der Waals surface area contributed by atoms with Crippen LogP contribution in [0.2, 0.25) is 0 Å². The summed E-state index contributed by atoms with van der Waals surface area (Å²) >= 11 is 0. The van der Waals surface area contributed by atoms with Crippen molar-refractivity contribution in [3.63, 3.8) is 0 Å². The molecule has 0 spiro atoms. The molecule has 1 amide bonds. The van der Waals surface area contributed by atoms with E-state index in [4.69, 9.17) is 0 Å². The molecule has 0 aliphatic carbocycles. The van der Waals surface area contributed by atoms with Crippen LogP contribution in [0.25, 0.3) is 0 Å². The van der Waals surface area contributed by atoms with Gasteiger partial charge in [0.25, 0.3) is 11.6 Å². The molecule has 32 heavy (non-hydrogen) atoms. The highest BCUT2D eigenvalue weighted by atomic mass is 19.1. The Balaban J connectivity index is 1.29. The minimum absolute atomic E-state index is 0.0974. The van der Waals surface area contributed by atoms with Crippen molar-refractivity contribution in [1.82, 2.24) is 9.88 Å². The van der Waals surface area contributed by atoms with E-state index in [0.717, 1.165) is 44.1 Å². The second kappa shape index (κ2) is 9.52. The first kappa shape index (κ1) is 21.4. The SMILES string of the molecule is O=C(Nc1ccc(N2CCN(Cc3ccc([N+](=O)[O-])cc3)CC2)nc1)c1cccc(F)c1. The number of amides is 1. The molecule has 1 saturated heterocycles. The van der Waals surface area contributed by atoms with E-state index in [0.29, 0.717) is 5.69 Å². The van der Waals surface area contributed by atoms with Crippen LogP contribution in [0, 0.1) is 15.9 Å². The van der Waals surface area contributed by atoms with E-state index in [1.54, 1.807) is 30.5 Å². The zero-order chi connectivity index (χ0) is 22.5. The number of rotatable bonds is 6. The van der Waals surface area contributed by atoms with E-state index in [1.165, 1.54) is 30.3 Å². The lowest BCUT2D eigenvalue weighted by molar-refractivity contribution is -0.384. The Hall–Kier alpha value is -3.85. The summed E-state index contributed by atoms with van der Waals surface area (Å²) in [6, 6.07) is 15.8. The van der Waals surface area contributed by atoms with Gasteiger partial charge in [0.1, 0.15) is 11.6 Å². The Morgan fingerprint density at radius 2 is 1.81 bits per heavy atom. The normalized spacial score (nSPS) is 14.2. The number of pyridine rings is 1. The minimum atomic E-state index is -0.459. The summed E-state index contributed by atoms with van der Waals surface area (Å²) < 4.78 is 13.3. The fourth-order valence-electron chi connectivity index (χ4n) is 3.60. The zero-order valence-corrected chi connectivity index (χ0v) is 17.3. The van der Waals surface area contributed by atoms with Gasteiger partial charge in [-0.3, -0.25) is 19.8 Å². The number of nitrogens with one attached hydrogen (secondary N) is 1. The average Bonchev–Trinajstić information content (AvgIpc) is 2.80. The first-order chi connectivity index (χ1) is 15.5. The smallest absolute Gasteiger partial charge is 0.269 e. The number of nitro benzene ring substituents is 1. The third kappa shape index (κ3) is 5.25. The standard InChI is InChI=1S/C23H22FN5O3/c24-19-3-1-2-18(14-19)23(30)26-20-6-9-22(25-15-20)28-12-10-27(11-13-28)16-17-4-7-21(8-5-17)29(31)32/h1-9,14-15H,10-13,16H2,(H,26,30). The Kier molecular flexibility index (Phi) is 6.37. The fourth-order valence-corrected chi connectivity index (χ4v) is 3.60. The second-order valence-corrected chi connectivity index (χ2v) is 7.56. The van der Waals surface area contributed by atoms with Crippen LogP contribution in [0.15, 0.2) is 66.9 Å². The van der Waals surface area contributed by atoms with Gasteiger partial charge in [-0.1, -0.05) is 18.2 Å². The predicted molar refractivity (Wildman–Crippen MR) is 119 cm³/mol. The molecule has 1 aliphatic heterocycles. The van der Waals surface area contributed by atoms with Crippen molar-refractivity contribution in [2.45, 2.75) is 6.54 Å². The highest BCUT2D eigenvalue weighted by Gasteiger charge is 2.18. The molecule has 1 fully saturated rings. The van der Waals surface area contributed by atoms with Crippen LogP contribution in [-0.4, -0.2) is 46.9 Å². The van der Waals surface area contributed by atoms with Crippen molar-refractivity contribution >= 4 is 23.1 Å². The monoisotopic (exact) mass is 435 g/mol. The quantitative estimate of drug-likeness (QED) is 0.469. The van der Waals surface area contributed by atoms with Gasteiger partial charge in [0.05, 0.1) is 16.8 Å². The maximum Gasteiger partial charge on any atom is 0.269 e. The number of carbonyl (C=O) groups excluding carboxylic acids is 1. The molecule has 0 unspecified atom stereocenters. The Morgan fingerprint density at radius 1 is 1.06 bits per heavy atom. The molecule has 0 saturated carbocycles. The lowest BCUT2D eigenvalue weighted by Crippen LogP contribution is -2.46. The molecule has 3 aromatic rings. The highest BCUT2D eigenvalue weighted by Crippen LogP contribution is 2.19. The number of halogens is 1. The van der Waals surface area contributed by atoms with Gasteiger partial charge in [0.2, 0.25) is 0 Å². The maximum absolute atomic E-state index is 13.3. The van der Waals surface area contributed by atoms with Crippen molar-refractivity contribution < 1.29 is 14.1 Å². The van der Waals surface area contributed by atoms with Gasteiger partial charge in [0.15, 0.2) is 0 Å². The molecule has 0 radical (unpaired) electrons. The molecule has 2 heterocycles. The van der Waals surface area contributed by atoms with Crippen LogP contribution in [0.4, 0.5) is 21.6 Å². The number of nitro groups is 1. The number of carbonyl (C=O) groups is 1. The fraction of sp³-hybridized carbons (Fsp3) is 0.217. The maximum atomic E-state index is 13.3. The summed E-state index contributed by atoms with van der Waals surface area (Å²) in [5, 5.41) is 13.5. The molecule has 164 valence electrons. The van der Waals surface area contributed by atoms with E-state index in [-0.39, 0.29) is 17.2 Å². The van der Waals surface area contributed by atoms with E-state index in [2.05, 4.69) is 20.1 Å². The Labute approximate surface area is 184 Å². The van der Waals surface area contributed by atoms with Gasteiger partial charge >= 0.3 is 0 Å². The van der Waals surface area contributed by atoms with E-state index < -0.39 is 10.7 Å².